The molecule has 41 heavy (non-hydrogen) atoms. The Bertz CT molecular complexity index is 1350. The van der Waals surface area contributed by atoms with Crippen molar-refractivity contribution < 1.29 is 13.9 Å². The molecule has 13 heteroatoms. The van der Waals surface area contributed by atoms with Gasteiger partial charge in [-0.3, -0.25) is 9.69 Å². The van der Waals surface area contributed by atoms with Gasteiger partial charge >= 0.3 is 6.01 Å². The van der Waals surface area contributed by atoms with Crippen LogP contribution >= 0.6 is 11.6 Å². The summed E-state index contributed by atoms with van der Waals surface area (Å²) in [6.45, 7) is 7.35. The van der Waals surface area contributed by atoms with E-state index in [4.69, 9.17) is 26.3 Å². The number of fused-ring (bicyclic) bond motifs is 1. The van der Waals surface area contributed by atoms with Crippen molar-refractivity contribution in [1.29, 1.82) is 5.26 Å². The van der Waals surface area contributed by atoms with Crippen LogP contribution in [0.1, 0.15) is 36.2 Å². The number of amides is 1. The summed E-state index contributed by atoms with van der Waals surface area (Å²) in [6.07, 6.45) is 2.27. The highest BCUT2D eigenvalue weighted by Gasteiger charge is 2.36. The number of carbonyl (C=O) groups is 1. The first-order valence-electron chi connectivity index (χ1n) is 13.8. The Hall–Kier alpha value is -3.53. The van der Waals surface area contributed by atoms with E-state index >= 15 is 0 Å². The lowest BCUT2D eigenvalue weighted by molar-refractivity contribution is -0.131. The lowest BCUT2D eigenvalue weighted by atomic mass is 10.1. The zero-order valence-corrected chi connectivity index (χ0v) is 24.2. The number of piperazine rings is 1. The number of aromatic nitrogens is 3. The van der Waals surface area contributed by atoms with E-state index in [0.717, 1.165) is 42.2 Å². The van der Waals surface area contributed by atoms with Gasteiger partial charge in [0.25, 0.3) is 5.91 Å². The molecule has 2 fully saturated rings. The molecular weight excluding hydrogens is 549 g/mol. The third kappa shape index (κ3) is 6.37. The van der Waals surface area contributed by atoms with Crippen LogP contribution in [0.15, 0.2) is 24.5 Å². The zero-order valence-electron chi connectivity index (χ0n) is 23.4. The van der Waals surface area contributed by atoms with Gasteiger partial charge in [0.2, 0.25) is 0 Å². The number of pyridine rings is 1. The highest BCUT2D eigenvalue weighted by Crippen LogP contribution is 2.34. The number of nitriles is 1. The molecule has 3 aliphatic heterocycles. The summed E-state index contributed by atoms with van der Waals surface area (Å²) < 4.78 is 19.9. The number of ether oxygens (including phenoxy) is 1. The molecule has 0 bridgehead atoms. The van der Waals surface area contributed by atoms with Crippen molar-refractivity contribution in [2.24, 2.45) is 0 Å². The maximum atomic E-state index is 13.7. The van der Waals surface area contributed by atoms with Gasteiger partial charge in [0.15, 0.2) is 5.83 Å². The van der Waals surface area contributed by atoms with E-state index in [1.807, 2.05) is 19.2 Å². The van der Waals surface area contributed by atoms with Crippen LogP contribution in [0.25, 0.3) is 0 Å². The average Bonchev–Trinajstić information content (AvgIpc) is 3.57. The van der Waals surface area contributed by atoms with Crippen LogP contribution in [0.3, 0.4) is 0 Å². The predicted octanol–water partition coefficient (Wildman–Crippen LogP) is 2.97. The SMILES string of the molecule is C=C(F)C(=O)N1CCN(c2nc(OC[C@@H]3CCCN3C)nc3c2CN(Cc2nc(NC)ccc2Cl)C3)C[C@@H]1CC#N. The van der Waals surface area contributed by atoms with E-state index in [9.17, 15) is 14.4 Å². The topological polar surface area (TPSA) is 114 Å². The van der Waals surface area contributed by atoms with Crippen LogP contribution in [0, 0.1) is 11.3 Å². The van der Waals surface area contributed by atoms with Gasteiger partial charge in [0.05, 0.1) is 34.9 Å². The van der Waals surface area contributed by atoms with Crippen LogP contribution in [-0.2, 0) is 24.4 Å². The summed E-state index contributed by atoms with van der Waals surface area (Å²) in [6, 6.07) is 5.91. The van der Waals surface area contributed by atoms with Crippen LogP contribution in [0.2, 0.25) is 5.02 Å². The second-order valence-corrected chi connectivity index (χ2v) is 11.1. The first-order valence-corrected chi connectivity index (χ1v) is 14.2. The third-order valence-corrected chi connectivity index (χ3v) is 8.38. The summed E-state index contributed by atoms with van der Waals surface area (Å²) in [5, 5.41) is 13.1. The Morgan fingerprint density at radius 3 is 2.78 bits per heavy atom. The van der Waals surface area contributed by atoms with Crippen LogP contribution in [-0.4, -0.2) is 94.5 Å². The Balaban J connectivity index is 1.41. The molecule has 2 atom stereocenters. The molecule has 2 saturated heterocycles. The Morgan fingerprint density at radius 2 is 2.07 bits per heavy atom. The van der Waals surface area contributed by atoms with Crippen LogP contribution in [0.5, 0.6) is 6.01 Å². The molecule has 1 amide bonds. The largest absolute Gasteiger partial charge is 0.462 e. The van der Waals surface area contributed by atoms with E-state index in [-0.39, 0.29) is 13.0 Å². The maximum Gasteiger partial charge on any atom is 0.318 e. The van der Waals surface area contributed by atoms with Crippen molar-refractivity contribution in [3.8, 4) is 12.1 Å². The van der Waals surface area contributed by atoms with Crippen LogP contribution in [0.4, 0.5) is 16.0 Å². The molecule has 2 aromatic rings. The van der Waals surface area contributed by atoms with Gasteiger partial charge in [-0.2, -0.15) is 15.2 Å². The molecule has 0 aliphatic carbocycles. The standard InChI is InChI=1S/C28H35ClFN9O2/c1-18(30)27(40)39-12-11-38(13-19(39)8-9-31)26-21-14-37(16-24-22(29)6-7-25(32-2)33-24)15-23(21)34-28(35-26)41-17-20-5-4-10-36(20)3/h6-7,19-20H,1,4-5,8,10-17H2,2-3H3,(H,32,33)/t19-,20-/m0/s1. The number of hydrogen-bond donors (Lipinski definition) is 1. The van der Waals surface area contributed by atoms with Gasteiger partial charge in [-0.15, -0.1) is 0 Å². The second-order valence-electron chi connectivity index (χ2n) is 10.7. The fourth-order valence-corrected chi connectivity index (χ4v) is 5.94. The lowest BCUT2D eigenvalue weighted by Gasteiger charge is -2.41. The first-order chi connectivity index (χ1) is 19.8. The molecule has 218 valence electrons. The monoisotopic (exact) mass is 583 g/mol. The molecule has 0 spiro atoms. The average molecular weight is 584 g/mol. The molecule has 5 heterocycles. The quantitative estimate of drug-likeness (QED) is 0.442. The van der Waals surface area contributed by atoms with E-state index in [2.05, 4.69) is 44.7 Å². The van der Waals surface area contributed by atoms with Gasteiger partial charge < -0.3 is 24.8 Å². The van der Waals surface area contributed by atoms with E-state index in [1.54, 1.807) is 0 Å². The minimum Gasteiger partial charge on any atom is -0.462 e. The summed E-state index contributed by atoms with van der Waals surface area (Å²) in [4.78, 5) is 34.7. The Kier molecular flexibility index (Phi) is 8.87. The summed E-state index contributed by atoms with van der Waals surface area (Å²) >= 11 is 6.48. The number of nitrogens with one attached hydrogen (secondary N) is 1. The van der Waals surface area contributed by atoms with Gasteiger partial charge in [-0.05, 0) is 38.6 Å². The number of halogens is 2. The van der Waals surface area contributed by atoms with Crippen molar-refractivity contribution in [2.75, 3.05) is 57.1 Å². The summed E-state index contributed by atoms with van der Waals surface area (Å²) in [7, 11) is 3.91. The summed E-state index contributed by atoms with van der Waals surface area (Å²) in [5.74, 6) is -0.352. The highest BCUT2D eigenvalue weighted by atomic mass is 35.5. The van der Waals surface area contributed by atoms with Crippen molar-refractivity contribution in [3.05, 3.63) is 46.5 Å². The number of hydrogen-bond acceptors (Lipinski definition) is 10. The smallest absolute Gasteiger partial charge is 0.318 e. The molecule has 5 rings (SSSR count). The molecule has 0 saturated carbocycles. The van der Waals surface area contributed by atoms with Crippen molar-refractivity contribution in [1.82, 2.24) is 29.7 Å². The number of likely N-dealkylation sites (tertiary alicyclic amines) is 1. The highest BCUT2D eigenvalue weighted by molar-refractivity contribution is 6.31. The molecule has 2 aromatic heterocycles. The molecule has 11 nitrogen and oxygen atoms in total. The molecular formula is C28H35ClFN9O2. The summed E-state index contributed by atoms with van der Waals surface area (Å²) in [5.41, 5.74) is 2.58. The fourth-order valence-electron chi connectivity index (χ4n) is 5.77. The molecule has 0 unspecified atom stereocenters. The van der Waals surface area contributed by atoms with Crippen molar-refractivity contribution >= 4 is 29.1 Å². The zero-order chi connectivity index (χ0) is 29.1. The number of anilines is 2. The lowest BCUT2D eigenvalue weighted by Crippen LogP contribution is -2.55. The van der Waals surface area contributed by atoms with E-state index in [0.29, 0.717) is 62.2 Å². The number of rotatable bonds is 9. The first kappa shape index (κ1) is 29.0. The fraction of sp³-hybridized carbons (Fsp3) is 0.536. The second kappa shape index (κ2) is 12.5. The van der Waals surface area contributed by atoms with Crippen LogP contribution < -0.4 is 15.0 Å². The molecule has 0 radical (unpaired) electrons. The van der Waals surface area contributed by atoms with Crippen molar-refractivity contribution in [3.63, 3.8) is 0 Å². The molecule has 0 aromatic carbocycles. The number of likely N-dealkylation sites (N-methyl/N-ethyl adjacent to an activating group) is 1. The maximum absolute atomic E-state index is 13.7. The Morgan fingerprint density at radius 1 is 1.24 bits per heavy atom. The van der Waals surface area contributed by atoms with E-state index in [1.165, 1.54) is 4.90 Å². The number of nitrogens with zero attached hydrogens (tertiary/aromatic N) is 8. The van der Waals surface area contributed by atoms with Gasteiger partial charge in [-0.1, -0.05) is 18.2 Å². The van der Waals surface area contributed by atoms with Gasteiger partial charge in [-0.25, -0.2) is 9.37 Å². The Labute approximate surface area is 244 Å². The van der Waals surface area contributed by atoms with E-state index < -0.39 is 17.8 Å². The predicted molar refractivity (Wildman–Crippen MR) is 153 cm³/mol. The minimum atomic E-state index is -1.03. The molecule has 1 N–H and O–H groups in total. The van der Waals surface area contributed by atoms with Gasteiger partial charge in [0, 0.05) is 57.9 Å². The third-order valence-electron chi connectivity index (χ3n) is 8.03. The number of carbonyl (C=O) groups excluding carboxylic acids is 1. The van der Waals surface area contributed by atoms with Crippen molar-refractivity contribution in [2.45, 2.75) is 51.0 Å². The van der Waals surface area contributed by atoms with Gasteiger partial charge in [0.1, 0.15) is 18.2 Å². The molecule has 3 aliphatic rings. The minimum absolute atomic E-state index is 0.0677. The normalized spacial score (nSPS) is 21.0.